The maximum absolute atomic E-state index is 14.3. The van der Waals surface area contributed by atoms with Crippen LogP contribution in [0.15, 0.2) is 41.4 Å². The number of imidazole rings is 1. The number of alkyl halides is 2. The number of benzene rings is 1. The molecular formula is C29H31F2N7O4S. The molecule has 0 radical (unpaired) electrons. The second-order valence-electron chi connectivity index (χ2n) is 11.5. The van der Waals surface area contributed by atoms with Gasteiger partial charge in [-0.2, -0.15) is 5.10 Å². The van der Waals surface area contributed by atoms with Crippen LogP contribution in [0.3, 0.4) is 0 Å². The molecule has 3 fully saturated rings. The Labute approximate surface area is 246 Å². The number of nitrogens with one attached hydrogen (secondary N) is 2. The van der Waals surface area contributed by atoms with E-state index in [0.29, 0.717) is 30.3 Å². The molecule has 1 amide bonds. The summed E-state index contributed by atoms with van der Waals surface area (Å²) in [5.41, 5.74) is 1.95. The summed E-state index contributed by atoms with van der Waals surface area (Å²) < 4.78 is 63.7. The zero-order valence-corrected chi connectivity index (χ0v) is 24.3. The monoisotopic (exact) mass is 611 g/mol. The van der Waals surface area contributed by atoms with Gasteiger partial charge in [-0.15, -0.1) is 0 Å². The molecule has 3 aliphatic rings. The Morgan fingerprint density at radius 1 is 1.05 bits per heavy atom. The quantitative estimate of drug-likeness (QED) is 0.244. The van der Waals surface area contributed by atoms with Gasteiger partial charge in [-0.3, -0.25) is 14.0 Å². The number of carbonyl (C=O) groups is 1. The van der Waals surface area contributed by atoms with Crippen LogP contribution in [0.1, 0.15) is 69.5 Å². The van der Waals surface area contributed by atoms with Gasteiger partial charge in [-0.25, -0.2) is 27.2 Å². The Kier molecular flexibility index (Phi) is 6.92. The van der Waals surface area contributed by atoms with Crippen molar-refractivity contribution in [3.05, 3.63) is 42.4 Å². The van der Waals surface area contributed by atoms with Crippen molar-refractivity contribution >= 4 is 44.1 Å². The van der Waals surface area contributed by atoms with Crippen LogP contribution in [-0.4, -0.2) is 51.5 Å². The molecule has 1 unspecified atom stereocenters. The first kappa shape index (κ1) is 27.9. The van der Waals surface area contributed by atoms with Crippen LogP contribution in [0.25, 0.3) is 22.4 Å². The number of carbonyl (C=O) groups excluding carboxylic acids is 1. The van der Waals surface area contributed by atoms with Gasteiger partial charge in [0.25, 0.3) is 6.43 Å². The second kappa shape index (κ2) is 10.7. The van der Waals surface area contributed by atoms with Crippen molar-refractivity contribution in [3.63, 3.8) is 0 Å². The van der Waals surface area contributed by atoms with Crippen LogP contribution in [0.4, 0.5) is 26.0 Å². The summed E-state index contributed by atoms with van der Waals surface area (Å²) in [6.45, 7) is 0.416. The van der Waals surface area contributed by atoms with Crippen molar-refractivity contribution < 1.29 is 26.7 Å². The molecule has 2 saturated carbocycles. The van der Waals surface area contributed by atoms with Crippen molar-refractivity contribution in [2.45, 2.75) is 68.5 Å². The minimum Gasteiger partial charge on any atom is -0.358 e. The predicted octanol–water partition coefficient (Wildman–Crippen LogP) is 5.76. The Morgan fingerprint density at radius 2 is 1.86 bits per heavy atom. The number of anilines is 3. The number of fused-ring (bicyclic) bond motifs is 1. The van der Waals surface area contributed by atoms with Crippen molar-refractivity contribution in [2.24, 2.45) is 5.92 Å². The lowest BCUT2D eigenvalue weighted by Crippen LogP contribution is -2.21. The first-order valence-electron chi connectivity index (χ1n) is 14.5. The zero-order chi connectivity index (χ0) is 29.9. The maximum Gasteiger partial charge on any atom is 0.295 e. The molecule has 0 bridgehead atoms. The number of pyridine rings is 1. The molecule has 7 rings (SSSR count). The minimum absolute atomic E-state index is 0.00336. The molecule has 1 aromatic carbocycles. The van der Waals surface area contributed by atoms with Gasteiger partial charge in [0.05, 0.1) is 28.0 Å². The summed E-state index contributed by atoms with van der Waals surface area (Å²) in [4.78, 5) is 21.5. The molecule has 226 valence electrons. The minimum atomic E-state index is -3.75. The van der Waals surface area contributed by atoms with Crippen LogP contribution in [0, 0.1) is 5.92 Å². The van der Waals surface area contributed by atoms with E-state index in [9.17, 15) is 22.0 Å². The highest BCUT2D eigenvalue weighted by Gasteiger charge is 2.32. The van der Waals surface area contributed by atoms with Crippen LogP contribution in [0.5, 0.6) is 0 Å². The summed E-state index contributed by atoms with van der Waals surface area (Å²) in [7, 11) is -3.75. The van der Waals surface area contributed by atoms with Gasteiger partial charge in [-0.05, 0) is 63.1 Å². The highest BCUT2D eigenvalue weighted by molar-refractivity contribution is 7.90. The lowest BCUT2D eigenvalue weighted by molar-refractivity contribution is -0.117. The van der Waals surface area contributed by atoms with Crippen LogP contribution >= 0.6 is 0 Å². The third-order valence-electron chi connectivity index (χ3n) is 7.99. The number of ether oxygens (including phenoxy) is 1. The topological polar surface area (TPSA) is 133 Å². The van der Waals surface area contributed by atoms with Gasteiger partial charge in [0, 0.05) is 36.6 Å². The molecule has 0 spiro atoms. The smallest absolute Gasteiger partial charge is 0.295 e. The molecule has 2 N–H and O–H groups in total. The maximum atomic E-state index is 14.3. The number of rotatable bonds is 9. The molecule has 4 aromatic rings. The van der Waals surface area contributed by atoms with E-state index in [4.69, 9.17) is 4.74 Å². The number of nitrogens with zero attached hydrogens (tertiary/aromatic N) is 5. The second-order valence-corrected chi connectivity index (χ2v) is 13.5. The normalized spacial score (nSPS) is 19.2. The fraction of sp³-hybridized carbons (Fsp3) is 0.448. The number of hydrogen-bond acceptors (Lipinski definition) is 8. The average Bonchev–Trinajstić information content (AvgIpc) is 3.92. The fourth-order valence-corrected chi connectivity index (χ4v) is 6.31. The summed E-state index contributed by atoms with van der Waals surface area (Å²) in [5.74, 6) is -0.690. The number of aromatic nitrogens is 5. The summed E-state index contributed by atoms with van der Waals surface area (Å²) in [6, 6.07) is 8.64. The van der Waals surface area contributed by atoms with E-state index in [0.717, 1.165) is 44.8 Å². The van der Waals surface area contributed by atoms with Crippen molar-refractivity contribution in [1.29, 1.82) is 0 Å². The largest absolute Gasteiger partial charge is 0.358 e. The first-order chi connectivity index (χ1) is 20.7. The molecule has 3 aromatic heterocycles. The molecule has 4 heterocycles. The van der Waals surface area contributed by atoms with Gasteiger partial charge in [0.2, 0.25) is 5.91 Å². The van der Waals surface area contributed by atoms with Crippen molar-refractivity contribution in [2.75, 3.05) is 23.5 Å². The van der Waals surface area contributed by atoms with Gasteiger partial charge in [0.1, 0.15) is 17.6 Å². The van der Waals surface area contributed by atoms with E-state index in [1.54, 1.807) is 18.2 Å². The highest BCUT2D eigenvalue weighted by Crippen LogP contribution is 2.39. The summed E-state index contributed by atoms with van der Waals surface area (Å²) in [5, 5.41) is 10.5. The molecule has 14 heteroatoms. The first-order valence-corrected chi connectivity index (χ1v) is 16.3. The van der Waals surface area contributed by atoms with Gasteiger partial charge in [-0.1, -0.05) is 6.07 Å². The average molecular weight is 612 g/mol. The third-order valence-corrected chi connectivity index (χ3v) is 9.13. The van der Waals surface area contributed by atoms with E-state index < -0.39 is 28.3 Å². The lowest BCUT2D eigenvalue weighted by Gasteiger charge is -2.25. The standard InChI is InChI=1S/C29H31F2N7O4S/c1-43(40,41)22-14-17(19-11-12-37(36-19)18-8-9-18)7-10-20(22)32-21-15-23(34-29(39)16-5-6-16)33-27-25(21)35-28(26(30)31)38(27)24-4-2-3-13-42-24/h7,10-12,14-16,18,24,26H,2-6,8-9,13H2,1H3,(H2,32,33,34,39). The SMILES string of the molecule is CS(=O)(=O)c1cc(-c2ccn(C3CC3)n2)ccc1Nc1cc(NC(=O)C2CC2)nc2c1nc(C(F)F)n2C1CCCCO1. The molecule has 1 saturated heterocycles. The van der Waals surface area contributed by atoms with Crippen LogP contribution < -0.4 is 10.6 Å². The van der Waals surface area contributed by atoms with Gasteiger partial charge in [0.15, 0.2) is 21.3 Å². The third kappa shape index (κ3) is 5.60. The lowest BCUT2D eigenvalue weighted by atomic mass is 10.1. The predicted molar refractivity (Wildman–Crippen MR) is 155 cm³/mol. The van der Waals surface area contributed by atoms with Crippen molar-refractivity contribution in [3.8, 4) is 11.3 Å². The molecule has 1 aliphatic heterocycles. The molecular weight excluding hydrogens is 580 g/mol. The highest BCUT2D eigenvalue weighted by atomic mass is 32.2. The van der Waals surface area contributed by atoms with E-state index in [1.165, 1.54) is 10.6 Å². The zero-order valence-electron chi connectivity index (χ0n) is 23.5. The summed E-state index contributed by atoms with van der Waals surface area (Å²) in [6.07, 6.45) is 5.17. The van der Waals surface area contributed by atoms with E-state index in [-0.39, 0.29) is 45.1 Å². The number of sulfone groups is 1. The fourth-order valence-electron chi connectivity index (χ4n) is 5.45. The Morgan fingerprint density at radius 3 is 2.53 bits per heavy atom. The molecule has 1 atom stereocenters. The van der Waals surface area contributed by atoms with E-state index in [1.807, 2.05) is 16.9 Å². The number of hydrogen-bond donors (Lipinski definition) is 2. The van der Waals surface area contributed by atoms with Crippen molar-refractivity contribution in [1.82, 2.24) is 24.3 Å². The molecule has 2 aliphatic carbocycles. The Bertz CT molecular complexity index is 1820. The van der Waals surface area contributed by atoms with Gasteiger partial charge < -0.3 is 15.4 Å². The van der Waals surface area contributed by atoms with Crippen LogP contribution in [-0.2, 0) is 19.4 Å². The molecule has 43 heavy (non-hydrogen) atoms. The summed E-state index contributed by atoms with van der Waals surface area (Å²) >= 11 is 0. The Balaban J connectivity index is 1.34. The molecule has 11 nitrogen and oxygen atoms in total. The van der Waals surface area contributed by atoms with E-state index >= 15 is 0 Å². The Hall–Kier alpha value is -3.91. The number of halogens is 2. The van der Waals surface area contributed by atoms with E-state index in [2.05, 4.69) is 25.7 Å². The van der Waals surface area contributed by atoms with Gasteiger partial charge >= 0.3 is 0 Å². The van der Waals surface area contributed by atoms with Crippen LogP contribution in [0.2, 0.25) is 0 Å². The number of amides is 1.